The molecule has 2 aromatic carbocycles. The Bertz CT molecular complexity index is 1610. The number of fused-ring (bicyclic) bond motifs is 1. The van der Waals surface area contributed by atoms with Gasteiger partial charge in [-0.15, -0.1) is 0 Å². The largest absolute Gasteiger partial charge is 0.457 e. The number of amides is 3. The zero-order valence-corrected chi connectivity index (χ0v) is 22.0. The molecule has 0 radical (unpaired) electrons. The van der Waals surface area contributed by atoms with Gasteiger partial charge in [-0.1, -0.05) is 6.07 Å². The van der Waals surface area contributed by atoms with E-state index >= 15 is 0 Å². The number of anilines is 5. The van der Waals surface area contributed by atoms with Crippen LogP contribution in [0, 0.1) is 0 Å². The van der Waals surface area contributed by atoms with Gasteiger partial charge in [0.05, 0.1) is 5.69 Å². The van der Waals surface area contributed by atoms with E-state index in [0.29, 0.717) is 34.4 Å². The number of rotatable bonds is 6. The number of aromatic nitrogens is 3. The summed E-state index contributed by atoms with van der Waals surface area (Å²) in [6.45, 7) is 5.60. The van der Waals surface area contributed by atoms with Crippen molar-refractivity contribution in [1.82, 2.24) is 20.3 Å². The van der Waals surface area contributed by atoms with E-state index in [2.05, 4.69) is 30.9 Å². The fraction of sp³-hybridized carbons (Fsp3) is 0.179. The highest BCUT2D eigenvalue weighted by atomic mass is 16.6. The van der Waals surface area contributed by atoms with Crippen molar-refractivity contribution in [1.29, 1.82) is 0 Å². The lowest BCUT2D eigenvalue weighted by Crippen LogP contribution is -2.42. The molecule has 4 N–H and O–H groups in total. The van der Waals surface area contributed by atoms with Crippen LogP contribution in [0.2, 0.25) is 0 Å². The van der Waals surface area contributed by atoms with Gasteiger partial charge in [-0.05, 0) is 69.3 Å². The topological polar surface area (TPSA) is 151 Å². The molecule has 0 saturated heterocycles. The van der Waals surface area contributed by atoms with Gasteiger partial charge in [-0.2, -0.15) is 4.98 Å². The van der Waals surface area contributed by atoms with Crippen LogP contribution in [0.15, 0.2) is 77.9 Å². The summed E-state index contributed by atoms with van der Waals surface area (Å²) >= 11 is 0. The maximum Gasteiger partial charge on any atom is 0.412 e. The maximum atomic E-state index is 12.9. The number of aromatic amines is 1. The van der Waals surface area contributed by atoms with E-state index in [1.54, 1.807) is 81.6 Å². The van der Waals surface area contributed by atoms with Gasteiger partial charge in [0.25, 0.3) is 5.56 Å². The van der Waals surface area contributed by atoms with Gasteiger partial charge < -0.3 is 25.1 Å². The summed E-state index contributed by atoms with van der Waals surface area (Å²) in [4.78, 5) is 49.6. The van der Waals surface area contributed by atoms with E-state index in [4.69, 9.17) is 9.47 Å². The highest BCUT2D eigenvalue weighted by Gasteiger charge is 2.28. The van der Waals surface area contributed by atoms with E-state index in [9.17, 15) is 14.4 Å². The molecule has 5 rings (SSSR count). The van der Waals surface area contributed by atoms with Crippen LogP contribution in [0.3, 0.4) is 0 Å². The van der Waals surface area contributed by atoms with Gasteiger partial charge in [-0.25, -0.2) is 19.5 Å². The molecule has 0 aliphatic carbocycles. The second-order valence-electron chi connectivity index (χ2n) is 9.85. The number of nitrogens with zero attached hydrogens (tertiary/aromatic N) is 3. The fourth-order valence-electron chi connectivity index (χ4n) is 3.87. The van der Waals surface area contributed by atoms with Gasteiger partial charge in [0.15, 0.2) is 5.82 Å². The highest BCUT2D eigenvalue weighted by molar-refractivity contribution is 6.01. The summed E-state index contributed by atoms with van der Waals surface area (Å²) in [5.74, 6) is 1.66. The first-order chi connectivity index (χ1) is 19.1. The predicted octanol–water partition coefficient (Wildman–Crippen LogP) is 5.41. The molecule has 0 unspecified atom stereocenters. The number of urea groups is 1. The van der Waals surface area contributed by atoms with Gasteiger partial charge in [0, 0.05) is 41.9 Å². The average Bonchev–Trinajstić information content (AvgIpc) is 2.89. The Morgan fingerprint density at radius 1 is 1.00 bits per heavy atom. The predicted molar refractivity (Wildman–Crippen MR) is 150 cm³/mol. The smallest absolute Gasteiger partial charge is 0.412 e. The van der Waals surface area contributed by atoms with Crippen molar-refractivity contribution in [2.75, 3.05) is 15.5 Å². The summed E-state index contributed by atoms with van der Waals surface area (Å²) in [7, 11) is 0. The summed E-state index contributed by atoms with van der Waals surface area (Å²) in [5, 5.41) is 8.64. The number of carbonyl (C=O) groups excluding carboxylic acids is 2. The minimum Gasteiger partial charge on any atom is -0.457 e. The Balaban J connectivity index is 1.34. The molecule has 3 heterocycles. The van der Waals surface area contributed by atoms with Crippen LogP contribution in [-0.2, 0) is 11.3 Å². The standard InChI is InChI=1S/C28H27N7O5/c1-28(2,3)40-27(38)33-19-5-4-6-20(13-19)35-24-17(16-31-26(35)37)15-30-25(34-24)32-18-7-9-21(10-8-18)39-22-11-12-29-23(36)14-22/h4-15H,16H2,1-3H3,(H,29,36)(H,31,37)(H,33,38)(H,30,32,34). The normalized spacial score (nSPS) is 12.7. The molecule has 0 saturated carbocycles. The molecule has 1 aliphatic heterocycles. The quantitative estimate of drug-likeness (QED) is 0.253. The van der Waals surface area contributed by atoms with Crippen LogP contribution in [0.25, 0.3) is 0 Å². The molecule has 0 fully saturated rings. The van der Waals surface area contributed by atoms with Gasteiger partial charge >= 0.3 is 12.1 Å². The second-order valence-corrected chi connectivity index (χ2v) is 9.85. The van der Waals surface area contributed by atoms with Crippen molar-refractivity contribution >= 4 is 41.0 Å². The number of carbonyl (C=O) groups is 2. The molecular formula is C28H27N7O5. The Hall–Kier alpha value is -5.39. The number of benzene rings is 2. The van der Waals surface area contributed by atoms with E-state index in [1.165, 1.54) is 17.2 Å². The molecule has 1 aliphatic rings. The third-order valence-electron chi connectivity index (χ3n) is 5.53. The third kappa shape index (κ3) is 6.35. The van der Waals surface area contributed by atoms with Crippen molar-refractivity contribution in [3.8, 4) is 11.5 Å². The minimum absolute atomic E-state index is 0.255. The van der Waals surface area contributed by atoms with Gasteiger partial charge in [-0.3, -0.25) is 10.1 Å². The fourth-order valence-corrected chi connectivity index (χ4v) is 3.87. The molecule has 3 amide bonds. The molecule has 0 spiro atoms. The van der Waals surface area contributed by atoms with E-state index < -0.39 is 11.7 Å². The SMILES string of the molecule is CC(C)(C)OC(=O)Nc1cccc(N2C(=O)NCc3cnc(Nc4ccc(Oc5cc[nH]c(=O)c5)cc4)nc32)c1. The summed E-state index contributed by atoms with van der Waals surface area (Å²) < 4.78 is 11.0. The number of pyridine rings is 1. The van der Waals surface area contributed by atoms with Crippen LogP contribution in [-0.4, -0.2) is 32.7 Å². The van der Waals surface area contributed by atoms with Crippen molar-refractivity contribution in [3.05, 3.63) is 89.0 Å². The monoisotopic (exact) mass is 541 g/mol. The zero-order valence-electron chi connectivity index (χ0n) is 22.0. The van der Waals surface area contributed by atoms with Crippen molar-refractivity contribution in [2.24, 2.45) is 0 Å². The van der Waals surface area contributed by atoms with Gasteiger partial charge in [0.1, 0.15) is 17.1 Å². The van der Waals surface area contributed by atoms with Crippen LogP contribution >= 0.6 is 0 Å². The average molecular weight is 542 g/mol. The molecular weight excluding hydrogens is 514 g/mol. The summed E-state index contributed by atoms with van der Waals surface area (Å²) in [5.41, 5.74) is 1.46. The third-order valence-corrected chi connectivity index (χ3v) is 5.53. The molecule has 40 heavy (non-hydrogen) atoms. The Morgan fingerprint density at radius 3 is 2.55 bits per heavy atom. The first kappa shape index (κ1) is 26.2. The van der Waals surface area contributed by atoms with Crippen LogP contribution in [0.4, 0.5) is 38.4 Å². The number of hydrogen-bond donors (Lipinski definition) is 4. The lowest BCUT2D eigenvalue weighted by molar-refractivity contribution is 0.0636. The Morgan fingerprint density at radius 2 is 1.80 bits per heavy atom. The van der Waals surface area contributed by atoms with E-state index in [1.807, 2.05) is 0 Å². The number of nitrogens with one attached hydrogen (secondary N) is 4. The number of H-pyrrole nitrogens is 1. The minimum atomic E-state index is -0.649. The molecule has 4 aromatic rings. The first-order valence-electron chi connectivity index (χ1n) is 12.4. The zero-order chi connectivity index (χ0) is 28.3. The van der Waals surface area contributed by atoms with Crippen LogP contribution in [0.5, 0.6) is 11.5 Å². The van der Waals surface area contributed by atoms with Crippen LogP contribution in [0.1, 0.15) is 26.3 Å². The summed E-state index contributed by atoms with van der Waals surface area (Å²) in [6, 6.07) is 16.5. The lowest BCUT2D eigenvalue weighted by Gasteiger charge is -2.29. The number of ether oxygens (including phenoxy) is 2. The Kier molecular flexibility index (Phi) is 7.06. The molecule has 0 atom stereocenters. The first-order valence-corrected chi connectivity index (χ1v) is 12.4. The molecule has 204 valence electrons. The molecule has 0 bridgehead atoms. The second kappa shape index (κ2) is 10.8. The van der Waals surface area contributed by atoms with E-state index in [0.717, 1.165) is 5.56 Å². The molecule has 12 nitrogen and oxygen atoms in total. The maximum absolute atomic E-state index is 12.9. The number of hydrogen-bond acceptors (Lipinski definition) is 8. The van der Waals surface area contributed by atoms with Crippen molar-refractivity contribution in [2.45, 2.75) is 32.9 Å². The molecule has 2 aromatic heterocycles. The van der Waals surface area contributed by atoms with E-state index in [-0.39, 0.29) is 24.1 Å². The van der Waals surface area contributed by atoms with Gasteiger partial charge in [0.2, 0.25) is 5.95 Å². The lowest BCUT2D eigenvalue weighted by atomic mass is 10.2. The summed E-state index contributed by atoms with van der Waals surface area (Å²) in [6.07, 6.45) is 2.55. The molecule has 12 heteroatoms. The highest BCUT2D eigenvalue weighted by Crippen LogP contribution is 2.32. The van der Waals surface area contributed by atoms with Crippen molar-refractivity contribution in [3.63, 3.8) is 0 Å². The van der Waals surface area contributed by atoms with Crippen molar-refractivity contribution < 1.29 is 19.1 Å². The Labute approximate surface area is 229 Å². The van der Waals surface area contributed by atoms with Crippen LogP contribution < -0.4 is 31.1 Å².